The summed E-state index contributed by atoms with van der Waals surface area (Å²) in [5, 5.41) is 11.2. The van der Waals surface area contributed by atoms with E-state index in [-0.39, 0.29) is 11.5 Å². The molecule has 1 aromatic carbocycles. The maximum absolute atomic E-state index is 11.2. The van der Waals surface area contributed by atoms with Crippen molar-refractivity contribution in [2.45, 2.75) is 18.8 Å². The Bertz CT molecular complexity index is 864. The number of nitro groups is 1. The Morgan fingerprint density at radius 2 is 1.84 bits per heavy atom. The van der Waals surface area contributed by atoms with Gasteiger partial charge in [-0.15, -0.1) is 0 Å². The van der Waals surface area contributed by atoms with Gasteiger partial charge in [-0.1, -0.05) is 30.3 Å². The van der Waals surface area contributed by atoms with Crippen LogP contribution < -0.4 is 0 Å². The Balaban J connectivity index is 1.43. The molecule has 0 N–H and O–H groups in total. The van der Waals surface area contributed by atoms with Crippen molar-refractivity contribution in [2.75, 3.05) is 59.1 Å². The van der Waals surface area contributed by atoms with Crippen molar-refractivity contribution in [3.8, 4) is 0 Å². The maximum Gasteiger partial charge on any atom is 0.260 e. The molecule has 1 aliphatic rings. The van der Waals surface area contributed by atoms with Gasteiger partial charge in [-0.2, -0.15) is 11.8 Å². The first-order valence-corrected chi connectivity index (χ1v) is 12.1. The lowest BCUT2D eigenvalue weighted by Crippen LogP contribution is -2.49. The van der Waals surface area contributed by atoms with E-state index in [1.807, 2.05) is 32.3 Å². The number of hydrogen-bond donors (Lipinski definition) is 0. The number of furan rings is 1. The molecule has 2 heterocycles. The monoisotopic (exact) mass is 459 g/mol. The highest BCUT2D eigenvalue weighted by molar-refractivity contribution is 7.98. The second kappa shape index (κ2) is 12.6. The van der Waals surface area contributed by atoms with Crippen LogP contribution >= 0.6 is 11.8 Å². The third-order valence-electron chi connectivity index (χ3n) is 5.22. The van der Waals surface area contributed by atoms with Gasteiger partial charge in [0, 0.05) is 43.4 Å². The Hall–Kier alpha value is -2.36. The average Bonchev–Trinajstić information content (AvgIpc) is 3.20. The van der Waals surface area contributed by atoms with Crippen LogP contribution in [0.15, 0.2) is 51.9 Å². The molecule has 0 aliphatic carbocycles. The van der Waals surface area contributed by atoms with E-state index in [1.54, 1.807) is 11.8 Å². The third kappa shape index (κ3) is 8.29. The van der Waals surface area contributed by atoms with Crippen molar-refractivity contribution >= 4 is 17.6 Å². The van der Waals surface area contributed by atoms with E-state index in [9.17, 15) is 10.1 Å². The molecule has 2 aromatic rings. The fourth-order valence-corrected chi connectivity index (χ4v) is 4.40. The molecule has 9 heteroatoms. The molecular weight excluding hydrogens is 426 g/mol. The lowest BCUT2D eigenvalue weighted by molar-refractivity contribution is -0.464. The van der Waals surface area contributed by atoms with E-state index in [0.717, 1.165) is 62.3 Å². The molecule has 1 saturated heterocycles. The summed E-state index contributed by atoms with van der Waals surface area (Å²) in [5.74, 6) is 4.10. The molecule has 0 unspecified atom stereocenters. The standard InChI is InChI=1S/C23H33N5O3S/c1-25(2)17-21-8-9-22(31-21)19-32-15-10-24-23(18-28(29)30)27-13-11-26(12-14-27)16-20-6-4-3-5-7-20/h3-9H,10-19H2,1-2H3. The zero-order valence-electron chi connectivity index (χ0n) is 19.0. The second-order valence-corrected chi connectivity index (χ2v) is 9.30. The summed E-state index contributed by atoms with van der Waals surface area (Å²) in [5.41, 5.74) is 1.29. The van der Waals surface area contributed by atoms with Gasteiger partial charge in [0.1, 0.15) is 11.5 Å². The molecular formula is C23H33N5O3S. The fourth-order valence-electron chi connectivity index (χ4n) is 3.68. The van der Waals surface area contributed by atoms with Gasteiger partial charge < -0.3 is 14.2 Å². The van der Waals surface area contributed by atoms with Crippen LogP contribution in [0.1, 0.15) is 17.1 Å². The topological polar surface area (TPSA) is 78.4 Å². The first kappa shape index (κ1) is 24.3. The summed E-state index contributed by atoms with van der Waals surface area (Å²) in [6.45, 7) is 5.37. The molecule has 32 heavy (non-hydrogen) atoms. The molecule has 0 saturated carbocycles. The second-order valence-electron chi connectivity index (χ2n) is 8.20. The largest absolute Gasteiger partial charge is 0.464 e. The number of benzene rings is 1. The van der Waals surface area contributed by atoms with Crippen LogP contribution in [0.4, 0.5) is 0 Å². The van der Waals surface area contributed by atoms with E-state index in [0.29, 0.717) is 12.4 Å². The minimum atomic E-state index is -0.280. The predicted molar refractivity (Wildman–Crippen MR) is 130 cm³/mol. The quantitative estimate of drug-likeness (QED) is 0.168. The van der Waals surface area contributed by atoms with Gasteiger partial charge in [0.2, 0.25) is 0 Å². The Morgan fingerprint density at radius 3 is 2.53 bits per heavy atom. The SMILES string of the molecule is CN(C)Cc1ccc(CSCCN=C(C[N+](=O)[O-])N2CCN(Cc3ccccc3)CC2)o1. The third-order valence-corrected chi connectivity index (χ3v) is 6.18. The predicted octanol–water partition coefficient (Wildman–Crippen LogP) is 3.07. The lowest BCUT2D eigenvalue weighted by Gasteiger charge is -2.35. The molecule has 0 spiro atoms. The molecule has 0 radical (unpaired) electrons. The molecule has 1 fully saturated rings. The highest BCUT2D eigenvalue weighted by Crippen LogP contribution is 2.16. The smallest absolute Gasteiger partial charge is 0.260 e. The van der Waals surface area contributed by atoms with Crippen LogP contribution in [-0.2, 0) is 18.8 Å². The van der Waals surface area contributed by atoms with E-state index in [4.69, 9.17) is 4.42 Å². The van der Waals surface area contributed by atoms with Gasteiger partial charge in [0.25, 0.3) is 6.54 Å². The molecule has 3 rings (SSSR count). The number of thioether (sulfide) groups is 1. The number of aliphatic imine (C=N–C) groups is 1. The number of piperazine rings is 1. The lowest BCUT2D eigenvalue weighted by atomic mass is 10.2. The summed E-state index contributed by atoms with van der Waals surface area (Å²) >= 11 is 1.74. The Kier molecular flexibility index (Phi) is 9.58. The maximum atomic E-state index is 11.2. The van der Waals surface area contributed by atoms with Crippen LogP contribution in [0.5, 0.6) is 0 Å². The van der Waals surface area contributed by atoms with Gasteiger partial charge in [-0.05, 0) is 31.8 Å². The van der Waals surface area contributed by atoms with Gasteiger partial charge in [0.05, 0.1) is 18.8 Å². The molecule has 0 atom stereocenters. The molecule has 8 nitrogen and oxygen atoms in total. The van der Waals surface area contributed by atoms with Crippen molar-refractivity contribution in [2.24, 2.45) is 4.99 Å². The van der Waals surface area contributed by atoms with Crippen molar-refractivity contribution < 1.29 is 9.34 Å². The summed E-state index contributed by atoms with van der Waals surface area (Å²) in [6, 6.07) is 14.4. The molecule has 1 aliphatic heterocycles. The van der Waals surface area contributed by atoms with E-state index >= 15 is 0 Å². The Labute approximate surface area is 194 Å². The highest BCUT2D eigenvalue weighted by atomic mass is 32.2. The fraction of sp³-hybridized carbons (Fsp3) is 0.522. The number of hydrogen-bond acceptors (Lipinski definition) is 7. The highest BCUT2D eigenvalue weighted by Gasteiger charge is 2.22. The normalized spacial score (nSPS) is 15.5. The van der Waals surface area contributed by atoms with Crippen LogP contribution in [0.25, 0.3) is 0 Å². The van der Waals surface area contributed by atoms with Gasteiger partial charge >= 0.3 is 0 Å². The van der Waals surface area contributed by atoms with E-state index < -0.39 is 0 Å². The van der Waals surface area contributed by atoms with Crippen molar-refractivity contribution in [3.63, 3.8) is 0 Å². The first-order valence-electron chi connectivity index (χ1n) is 11.0. The minimum Gasteiger partial charge on any atom is -0.464 e. The molecule has 174 valence electrons. The zero-order chi connectivity index (χ0) is 22.8. The summed E-state index contributed by atoms with van der Waals surface area (Å²) in [7, 11) is 4.03. The summed E-state index contributed by atoms with van der Waals surface area (Å²) in [6.07, 6.45) is 0. The summed E-state index contributed by atoms with van der Waals surface area (Å²) < 4.78 is 5.82. The van der Waals surface area contributed by atoms with Crippen LogP contribution in [-0.4, -0.2) is 84.6 Å². The molecule has 0 amide bonds. The zero-order valence-corrected chi connectivity index (χ0v) is 19.8. The van der Waals surface area contributed by atoms with Gasteiger partial charge in [-0.3, -0.25) is 20.0 Å². The molecule has 1 aromatic heterocycles. The van der Waals surface area contributed by atoms with Crippen molar-refractivity contribution in [3.05, 3.63) is 69.7 Å². The van der Waals surface area contributed by atoms with Crippen molar-refractivity contribution in [1.29, 1.82) is 0 Å². The van der Waals surface area contributed by atoms with Gasteiger partial charge in [-0.25, -0.2) is 0 Å². The Morgan fingerprint density at radius 1 is 1.12 bits per heavy atom. The van der Waals surface area contributed by atoms with E-state index in [2.05, 4.69) is 44.0 Å². The van der Waals surface area contributed by atoms with Crippen LogP contribution in [0, 0.1) is 10.1 Å². The number of amidine groups is 1. The summed E-state index contributed by atoms with van der Waals surface area (Å²) in [4.78, 5) is 22.0. The number of nitrogens with zero attached hydrogens (tertiary/aromatic N) is 5. The first-order chi connectivity index (χ1) is 15.5. The van der Waals surface area contributed by atoms with Gasteiger partial charge in [0.15, 0.2) is 5.84 Å². The van der Waals surface area contributed by atoms with E-state index in [1.165, 1.54) is 5.56 Å². The van der Waals surface area contributed by atoms with Crippen LogP contribution in [0.3, 0.4) is 0 Å². The average molecular weight is 460 g/mol. The minimum absolute atomic E-state index is 0.213. The van der Waals surface area contributed by atoms with Crippen LogP contribution in [0.2, 0.25) is 0 Å². The number of rotatable bonds is 11. The van der Waals surface area contributed by atoms with Crippen molar-refractivity contribution in [1.82, 2.24) is 14.7 Å². The molecule has 0 bridgehead atoms.